The van der Waals surface area contributed by atoms with E-state index in [2.05, 4.69) is 4.72 Å². The highest BCUT2D eigenvalue weighted by atomic mass is 32.2. The van der Waals surface area contributed by atoms with Gasteiger partial charge in [0.05, 0.1) is 6.26 Å². The van der Waals surface area contributed by atoms with E-state index in [4.69, 9.17) is 5.73 Å². The second-order valence-corrected chi connectivity index (χ2v) is 7.46. The Morgan fingerprint density at radius 3 is 2.63 bits per heavy atom. The first kappa shape index (κ1) is 16.4. The number of hydrogen-bond donors (Lipinski definition) is 2. The van der Waals surface area contributed by atoms with Gasteiger partial charge < -0.3 is 10.6 Å². The lowest BCUT2D eigenvalue weighted by molar-refractivity contribution is -0.133. The predicted octanol–water partition coefficient (Wildman–Crippen LogP) is -0.1000. The normalized spacial score (nSPS) is 22.6. The van der Waals surface area contributed by atoms with E-state index in [9.17, 15) is 13.2 Å². The van der Waals surface area contributed by atoms with Crippen molar-refractivity contribution in [2.24, 2.45) is 11.7 Å². The Labute approximate surface area is 115 Å². The second-order valence-electron chi connectivity index (χ2n) is 5.68. The lowest BCUT2D eigenvalue weighted by Crippen LogP contribution is -2.50. The monoisotopic (exact) mass is 291 g/mol. The molecule has 3 N–H and O–H groups in total. The maximum absolute atomic E-state index is 12.1. The Bertz CT molecular complexity index is 408. The first-order valence-electron chi connectivity index (χ1n) is 6.69. The highest BCUT2D eigenvalue weighted by Crippen LogP contribution is 2.14. The lowest BCUT2D eigenvalue weighted by atomic mass is 10.00. The second kappa shape index (κ2) is 6.67. The van der Waals surface area contributed by atoms with Crippen LogP contribution >= 0.6 is 0 Å². The van der Waals surface area contributed by atoms with Crippen molar-refractivity contribution < 1.29 is 13.2 Å². The molecule has 0 aromatic heterocycles. The zero-order valence-electron chi connectivity index (χ0n) is 11.9. The zero-order valence-corrected chi connectivity index (χ0v) is 12.7. The molecule has 2 unspecified atom stereocenters. The minimum atomic E-state index is -3.22. The summed E-state index contributed by atoms with van der Waals surface area (Å²) in [4.78, 5) is 13.8. The standard InChI is InChI=1S/C12H25N3O3S/c1-9(2)11(13)7-12(16)15-6-4-5-10(8-15)14-19(3,17)18/h9-11,14H,4-8,13H2,1-3H3. The van der Waals surface area contributed by atoms with Crippen LogP contribution in [0.15, 0.2) is 0 Å². The van der Waals surface area contributed by atoms with E-state index in [-0.39, 0.29) is 23.9 Å². The lowest BCUT2D eigenvalue weighted by Gasteiger charge is -2.33. The molecule has 1 aliphatic rings. The van der Waals surface area contributed by atoms with Crippen molar-refractivity contribution in [2.45, 2.75) is 45.2 Å². The van der Waals surface area contributed by atoms with Gasteiger partial charge in [0.1, 0.15) is 0 Å². The van der Waals surface area contributed by atoms with Gasteiger partial charge in [0.2, 0.25) is 15.9 Å². The SMILES string of the molecule is CC(C)C(N)CC(=O)N1CCCC(NS(C)(=O)=O)C1. The molecule has 0 aliphatic carbocycles. The van der Waals surface area contributed by atoms with Gasteiger partial charge in [0.25, 0.3) is 0 Å². The Hall–Kier alpha value is -0.660. The maximum atomic E-state index is 12.1. The van der Waals surface area contributed by atoms with Gasteiger partial charge in [-0.15, -0.1) is 0 Å². The third kappa shape index (κ3) is 5.88. The molecule has 112 valence electrons. The Kier molecular flexibility index (Phi) is 5.76. The maximum Gasteiger partial charge on any atom is 0.224 e. The summed E-state index contributed by atoms with van der Waals surface area (Å²) in [5.74, 6) is 0.278. The number of likely N-dealkylation sites (tertiary alicyclic amines) is 1. The van der Waals surface area contributed by atoms with Crippen LogP contribution in [0.1, 0.15) is 33.1 Å². The van der Waals surface area contributed by atoms with Gasteiger partial charge in [-0.25, -0.2) is 13.1 Å². The number of carbonyl (C=O) groups is 1. The van der Waals surface area contributed by atoms with Crippen LogP contribution in [0.3, 0.4) is 0 Å². The van der Waals surface area contributed by atoms with Crippen LogP contribution in [0.5, 0.6) is 0 Å². The van der Waals surface area contributed by atoms with Gasteiger partial charge in [-0.2, -0.15) is 0 Å². The van der Waals surface area contributed by atoms with E-state index in [0.717, 1.165) is 19.1 Å². The van der Waals surface area contributed by atoms with E-state index >= 15 is 0 Å². The molecule has 1 rings (SSSR count). The quantitative estimate of drug-likeness (QED) is 0.740. The van der Waals surface area contributed by atoms with Crippen LogP contribution in [-0.4, -0.2) is 50.7 Å². The Morgan fingerprint density at radius 1 is 1.47 bits per heavy atom. The average Bonchev–Trinajstić information content (AvgIpc) is 2.26. The fourth-order valence-corrected chi connectivity index (χ4v) is 2.97. The number of nitrogens with zero attached hydrogens (tertiary/aromatic N) is 1. The summed E-state index contributed by atoms with van der Waals surface area (Å²) in [7, 11) is -3.22. The molecule has 0 aromatic carbocycles. The summed E-state index contributed by atoms with van der Waals surface area (Å²) >= 11 is 0. The van der Waals surface area contributed by atoms with Gasteiger partial charge in [-0.05, 0) is 18.8 Å². The highest BCUT2D eigenvalue weighted by molar-refractivity contribution is 7.88. The third-order valence-electron chi connectivity index (χ3n) is 3.42. The number of sulfonamides is 1. The van der Waals surface area contributed by atoms with Crippen LogP contribution < -0.4 is 10.5 Å². The van der Waals surface area contributed by atoms with Crippen LogP contribution in [-0.2, 0) is 14.8 Å². The van der Waals surface area contributed by atoms with E-state index in [1.54, 1.807) is 4.90 Å². The molecule has 1 saturated heterocycles. The molecule has 1 heterocycles. The van der Waals surface area contributed by atoms with Gasteiger partial charge >= 0.3 is 0 Å². The van der Waals surface area contributed by atoms with E-state index in [0.29, 0.717) is 19.5 Å². The van der Waals surface area contributed by atoms with Crippen LogP contribution in [0.25, 0.3) is 0 Å². The van der Waals surface area contributed by atoms with Gasteiger partial charge in [-0.1, -0.05) is 13.8 Å². The largest absolute Gasteiger partial charge is 0.341 e. The molecule has 1 fully saturated rings. The van der Waals surface area contributed by atoms with Crippen molar-refractivity contribution in [2.75, 3.05) is 19.3 Å². The summed E-state index contributed by atoms with van der Waals surface area (Å²) in [6, 6.07) is -0.321. The first-order chi connectivity index (χ1) is 8.69. The molecular weight excluding hydrogens is 266 g/mol. The van der Waals surface area contributed by atoms with Crippen molar-refractivity contribution in [1.82, 2.24) is 9.62 Å². The highest BCUT2D eigenvalue weighted by Gasteiger charge is 2.26. The van der Waals surface area contributed by atoms with E-state index < -0.39 is 10.0 Å². The minimum Gasteiger partial charge on any atom is -0.341 e. The molecule has 0 spiro atoms. The van der Waals surface area contributed by atoms with Crippen LogP contribution in [0.2, 0.25) is 0 Å². The van der Waals surface area contributed by atoms with Crippen molar-refractivity contribution >= 4 is 15.9 Å². The molecule has 7 heteroatoms. The van der Waals surface area contributed by atoms with Crippen molar-refractivity contribution in [3.63, 3.8) is 0 Å². The molecule has 1 amide bonds. The molecule has 1 aliphatic heterocycles. The summed E-state index contributed by atoms with van der Waals surface area (Å²) in [5, 5.41) is 0. The number of piperidine rings is 1. The molecule has 2 atom stereocenters. The number of nitrogens with two attached hydrogens (primary N) is 1. The van der Waals surface area contributed by atoms with Crippen LogP contribution in [0.4, 0.5) is 0 Å². The van der Waals surface area contributed by atoms with Crippen LogP contribution in [0, 0.1) is 5.92 Å². The summed E-state index contributed by atoms with van der Waals surface area (Å²) in [6.07, 6.45) is 3.05. The predicted molar refractivity (Wildman–Crippen MR) is 75.0 cm³/mol. The molecule has 0 aromatic rings. The van der Waals surface area contributed by atoms with E-state index in [1.807, 2.05) is 13.8 Å². The van der Waals surface area contributed by atoms with E-state index in [1.165, 1.54) is 0 Å². The number of nitrogens with one attached hydrogen (secondary N) is 1. The molecule has 0 bridgehead atoms. The fourth-order valence-electron chi connectivity index (χ4n) is 2.17. The van der Waals surface area contributed by atoms with Crippen molar-refractivity contribution in [3.05, 3.63) is 0 Å². The minimum absolute atomic E-state index is 0.0150. The zero-order chi connectivity index (χ0) is 14.6. The van der Waals surface area contributed by atoms with Crippen molar-refractivity contribution in [1.29, 1.82) is 0 Å². The van der Waals surface area contributed by atoms with Gasteiger partial charge in [0.15, 0.2) is 0 Å². The number of carbonyl (C=O) groups excluding carboxylic acids is 1. The molecule has 0 saturated carbocycles. The topological polar surface area (TPSA) is 92.5 Å². The van der Waals surface area contributed by atoms with Crippen molar-refractivity contribution in [3.8, 4) is 0 Å². The summed E-state index contributed by atoms with van der Waals surface area (Å²) < 4.78 is 25.0. The summed E-state index contributed by atoms with van der Waals surface area (Å²) in [6.45, 7) is 5.10. The average molecular weight is 291 g/mol. The molecule has 6 nitrogen and oxygen atoms in total. The number of rotatable bonds is 5. The van der Waals surface area contributed by atoms with Gasteiger partial charge in [-0.3, -0.25) is 4.79 Å². The molecule has 0 radical (unpaired) electrons. The smallest absolute Gasteiger partial charge is 0.224 e. The Balaban J connectivity index is 2.52. The number of amides is 1. The fraction of sp³-hybridized carbons (Fsp3) is 0.917. The third-order valence-corrected chi connectivity index (χ3v) is 4.18. The first-order valence-corrected chi connectivity index (χ1v) is 8.59. The Morgan fingerprint density at radius 2 is 2.11 bits per heavy atom. The van der Waals surface area contributed by atoms with Gasteiger partial charge in [0, 0.05) is 31.6 Å². The molecule has 19 heavy (non-hydrogen) atoms. The number of hydrogen-bond acceptors (Lipinski definition) is 4. The summed E-state index contributed by atoms with van der Waals surface area (Å²) in [5.41, 5.74) is 5.90. The molecular formula is C12H25N3O3S.